The van der Waals surface area contributed by atoms with Crippen LogP contribution >= 0.6 is 0 Å². The second kappa shape index (κ2) is 7.22. The Morgan fingerprint density at radius 3 is 2.48 bits per heavy atom. The molecule has 0 unspecified atom stereocenters. The van der Waals surface area contributed by atoms with Crippen LogP contribution < -0.4 is 16.6 Å². The molecule has 1 atom stereocenters. The van der Waals surface area contributed by atoms with Crippen LogP contribution in [0.25, 0.3) is 11.2 Å². The lowest BCUT2D eigenvalue weighted by molar-refractivity contribution is -0.122. The van der Waals surface area contributed by atoms with Crippen molar-refractivity contribution in [2.24, 2.45) is 14.1 Å². The zero-order valence-electron chi connectivity index (χ0n) is 15.9. The van der Waals surface area contributed by atoms with Gasteiger partial charge < -0.3 is 9.88 Å². The summed E-state index contributed by atoms with van der Waals surface area (Å²) in [6, 6.07) is 7.75. The van der Waals surface area contributed by atoms with E-state index < -0.39 is 17.2 Å². The van der Waals surface area contributed by atoms with Crippen molar-refractivity contribution in [2.45, 2.75) is 32.9 Å². The van der Waals surface area contributed by atoms with Crippen molar-refractivity contribution in [1.82, 2.24) is 24.0 Å². The van der Waals surface area contributed by atoms with Crippen molar-refractivity contribution in [3.05, 3.63) is 62.6 Å². The average molecular weight is 369 g/mol. The largest absolute Gasteiger partial charge is 0.348 e. The van der Waals surface area contributed by atoms with E-state index in [0.717, 1.165) is 16.6 Å². The first-order chi connectivity index (χ1) is 12.8. The standard InChI is InChI=1S/C19H23N5O3/c1-5-13-6-8-14(9-7-13)12(2)21-15(25)10-24-18(26)16-17(20-11-22(16)3)23(4)19(24)27/h6-9,11-12H,5,10H2,1-4H3,(H,21,25)/t12-/m1/s1. The molecular weight excluding hydrogens is 346 g/mol. The van der Waals surface area contributed by atoms with Gasteiger partial charge in [0.25, 0.3) is 5.56 Å². The molecule has 0 aliphatic heterocycles. The van der Waals surface area contributed by atoms with Gasteiger partial charge in [0.05, 0.1) is 12.4 Å². The molecule has 0 saturated heterocycles. The van der Waals surface area contributed by atoms with E-state index in [1.165, 1.54) is 23.5 Å². The van der Waals surface area contributed by atoms with Gasteiger partial charge in [0.1, 0.15) is 6.54 Å². The van der Waals surface area contributed by atoms with Crippen molar-refractivity contribution >= 4 is 17.1 Å². The maximum Gasteiger partial charge on any atom is 0.332 e. The van der Waals surface area contributed by atoms with Crippen molar-refractivity contribution in [3.8, 4) is 0 Å². The molecular formula is C19H23N5O3. The van der Waals surface area contributed by atoms with Crippen LogP contribution in [0.4, 0.5) is 0 Å². The van der Waals surface area contributed by atoms with E-state index in [1.54, 1.807) is 11.6 Å². The van der Waals surface area contributed by atoms with Gasteiger partial charge in [0.15, 0.2) is 11.2 Å². The third-order valence-corrected chi connectivity index (χ3v) is 4.77. The van der Waals surface area contributed by atoms with Crippen molar-refractivity contribution in [3.63, 3.8) is 0 Å². The fourth-order valence-corrected chi connectivity index (χ4v) is 3.09. The molecule has 0 bridgehead atoms. The Morgan fingerprint density at radius 1 is 1.19 bits per heavy atom. The zero-order chi connectivity index (χ0) is 19.7. The Morgan fingerprint density at radius 2 is 1.85 bits per heavy atom. The van der Waals surface area contributed by atoms with Crippen molar-refractivity contribution in [1.29, 1.82) is 0 Å². The molecule has 0 saturated carbocycles. The first kappa shape index (κ1) is 18.6. The molecule has 1 aromatic carbocycles. The second-order valence-corrected chi connectivity index (χ2v) is 6.64. The van der Waals surface area contributed by atoms with Crippen LogP contribution in [0.2, 0.25) is 0 Å². The monoisotopic (exact) mass is 369 g/mol. The molecule has 0 spiro atoms. The summed E-state index contributed by atoms with van der Waals surface area (Å²) in [6.45, 7) is 3.60. The summed E-state index contributed by atoms with van der Waals surface area (Å²) in [7, 11) is 3.21. The number of benzene rings is 1. The van der Waals surface area contributed by atoms with Crippen molar-refractivity contribution in [2.75, 3.05) is 0 Å². The van der Waals surface area contributed by atoms with E-state index >= 15 is 0 Å². The topological polar surface area (TPSA) is 90.9 Å². The number of imidazole rings is 1. The molecule has 1 amide bonds. The summed E-state index contributed by atoms with van der Waals surface area (Å²) in [6.07, 6.45) is 2.42. The number of nitrogens with one attached hydrogen (secondary N) is 1. The Balaban J connectivity index is 1.84. The van der Waals surface area contributed by atoms with Crippen LogP contribution in [0.15, 0.2) is 40.2 Å². The average Bonchev–Trinajstić information content (AvgIpc) is 3.05. The molecule has 3 rings (SSSR count). The number of aromatic nitrogens is 4. The van der Waals surface area contributed by atoms with Gasteiger partial charge in [-0.05, 0) is 24.5 Å². The van der Waals surface area contributed by atoms with Crippen LogP contribution in [0.1, 0.15) is 31.0 Å². The lowest BCUT2D eigenvalue weighted by atomic mass is 10.1. The lowest BCUT2D eigenvalue weighted by Gasteiger charge is -2.15. The predicted octanol–water partition coefficient (Wildman–Crippen LogP) is 0.873. The third-order valence-electron chi connectivity index (χ3n) is 4.77. The molecule has 0 aliphatic carbocycles. The highest BCUT2D eigenvalue weighted by Crippen LogP contribution is 2.13. The predicted molar refractivity (Wildman–Crippen MR) is 103 cm³/mol. The summed E-state index contributed by atoms with van der Waals surface area (Å²) in [5.41, 5.74) is 1.67. The number of aryl methyl sites for hydroxylation is 3. The molecule has 0 fully saturated rings. The zero-order valence-corrected chi connectivity index (χ0v) is 15.9. The first-order valence-corrected chi connectivity index (χ1v) is 8.82. The number of carbonyl (C=O) groups excluding carboxylic acids is 1. The molecule has 1 N–H and O–H groups in total. The Bertz CT molecular complexity index is 1110. The molecule has 8 nitrogen and oxygen atoms in total. The van der Waals surface area contributed by atoms with Gasteiger partial charge in [0.2, 0.25) is 5.91 Å². The van der Waals surface area contributed by atoms with Gasteiger partial charge in [0, 0.05) is 14.1 Å². The number of nitrogens with zero attached hydrogens (tertiary/aromatic N) is 4. The SMILES string of the molecule is CCc1ccc([C@@H](C)NC(=O)Cn2c(=O)c3c(ncn3C)n(C)c2=O)cc1. The van der Waals surface area contributed by atoms with Crippen LogP contribution in [0.5, 0.6) is 0 Å². The molecule has 0 aliphatic rings. The summed E-state index contributed by atoms with van der Waals surface area (Å²) < 4.78 is 3.76. The molecule has 142 valence electrons. The van der Waals surface area contributed by atoms with Gasteiger partial charge in [-0.15, -0.1) is 0 Å². The smallest absolute Gasteiger partial charge is 0.332 e. The van der Waals surface area contributed by atoms with Crippen LogP contribution in [0.3, 0.4) is 0 Å². The quantitative estimate of drug-likeness (QED) is 0.723. The van der Waals surface area contributed by atoms with E-state index in [9.17, 15) is 14.4 Å². The molecule has 8 heteroatoms. The maximum absolute atomic E-state index is 12.7. The number of fused-ring (bicyclic) bond motifs is 1. The van der Waals surface area contributed by atoms with E-state index in [4.69, 9.17) is 0 Å². The number of hydrogen-bond donors (Lipinski definition) is 1. The van der Waals surface area contributed by atoms with E-state index in [-0.39, 0.29) is 18.1 Å². The summed E-state index contributed by atoms with van der Waals surface area (Å²) in [5, 5.41) is 2.84. The highest BCUT2D eigenvalue weighted by atomic mass is 16.2. The molecule has 3 aromatic rings. The second-order valence-electron chi connectivity index (χ2n) is 6.64. The number of rotatable bonds is 5. The minimum atomic E-state index is -0.568. The third kappa shape index (κ3) is 3.42. The summed E-state index contributed by atoms with van der Waals surface area (Å²) in [4.78, 5) is 41.7. The number of hydrogen-bond acceptors (Lipinski definition) is 4. The Labute approximate surface area is 156 Å². The molecule has 2 aromatic heterocycles. The minimum absolute atomic E-state index is 0.233. The fourth-order valence-electron chi connectivity index (χ4n) is 3.09. The van der Waals surface area contributed by atoms with Crippen LogP contribution in [-0.2, 0) is 31.9 Å². The highest BCUT2D eigenvalue weighted by molar-refractivity contribution is 5.77. The van der Waals surface area contributed by atoms with Gasteiger partial charge >= 0.3 is 5.69 Å². The van der Waals surface area contributed by atoms with Gasteiger partial charge in [-0.25, -0.2) is 14.3 Å². The van der Waals surface area contributed by atoms with E-state index in [2.05, 4.69) is 17.2 Å². The Hall–Kier alpha value is -3.16. The van der Waals surface area contributed by atoms with E-state index in [0.29, 0.717) is 5.65 Å². The van der Waals surface area contributed by atoms with Crippen molar-refractivity contribution < 1.29 is 4.79 Å². The highest BCUT2D eigenvalue weighted by Gasteiger charge is 2.18. The number of carbonyl (C=O) groups is 1. The minimum Gasteiger partial charge on any atom is -0.348 e. The first-order valence-electron chi connectivity index (χ1n) is 8.82. The fraction of sp³-hybridized carbons (Fsp3) is 0.368. The summed E-state index contributed by atoms with van der Waals surface area (Å²) in [5.74, 6) is -0.400. The van der Waals surface area contributed by atoms with Gasteiger partial charge in [-0.1, -0.05) is 31.2 Å². The Kier molecular flexibility index (Phi) is 4.98. The van der Waals surface area contributed by atoms with Gasteiger partial charge in [-0.3, -0.25) is 14.2 Å². The van der Waals surface area contributed by atoms with Crippen LogP contribution in [0, 0.1) is 0 Å². The van der Waals surface area contributed by atoms with E-state index in [1.807, 2.05) is 31.2 Å². The molecule has 0 radical (unpaired) electrons. The maximum atomic E-state index is 12.7. The lowest BCUT2D eigenvalue weighted by Crippen LogP contribution is -2.43. The summed E-state index contributed by atoms with van der Waals surface area (Å²) >= 11 is 0. The molecule has 2 heterocycles. The normalized spacial score (nSPS) is 12.3. The number of amides is 1. The van der Waals surface area contributed by atoms with Crippen LogP contribution in [-0.4, -0.2) is 24.6 Å². The van der Waals surface area contributed by atoms with Gasteiger partial charge in [-0.2, -0.15) is 0 Å². The molecule has 27 heavy (non-hydrogen) atoms.